The molecule has 0 spiro atoms. The summed E-state index contributed by atoms with van der Waals surface area (Å²) < 4.78 is 28.0. The Balaban J connectivity index is 2.35. The van der Waals surface area contributed by atoms with Crippen molar-refractivity contribution in [2.45, 2.75) is 11.8 Å². The van der Waals surface area contributed by atoms with Crippen molar-refractivity contribution >= 4 is 37.5 Å². The first-order valence-corrected chi connectivity index (χ1v) is 8.12. The van der Waals surface area contributed by atoms with Crippen LogP contribution in [0.4, 0.5) is 11.5 Å². The Bertz CT molecular complexity index is 712. The molecule has 0 fully saturated rings. The van der Waals surface area contributed by atoms with Gasteiger partial charge in [0, 0.05) is 23.8 Å². The van der Waals surface area contributed by atoms with Gasteiger partial charge >= 0.3 is 0 Å². The Labute approximate surface area is 126 Å². The van der Waals surface area contributed by atoms with Crippen LogP contribution >= 0.6 is 15.9 Å². The fourth-order valence-corrected chi connectivity index (χ4v) is 3.38. The molecule has 0 saturated heterocycles. The van der Waals surface area contributed by atoms with Crippen molar-refractivity contribution in [1.82, 2.24) is 4.98 Å². The summed E-state index contributed by atoms with van der Waals surface area (Å²) in [5, 5.41) is 2.81. The van der Waals surface area contributed by atoms with Crippen LogP contribution in [0.25, 0.3) is 0 Å². The van der Waals surface area contributed by atoms with Gasteiger partial charge in [0.2, 0.25) is 0 Å². The highest BCUT2D eigenvalue weighted by Crippen LogP contribution is 2.22. The summed E-state index contributed by atoms with van der Waals surface area (Å²) in [6, 6.07) is 8.32. The molecular weight excluding hydrogens is 342 g/mol. The lowest BCUT2D eigenvalue weighted by Crippen LogP contribution is -2.13. The fraction of sp³-hybridized carbons (Fsp3) is 0.154. The number of sulfonamides is 1. The van der Waals surface area contributed by atoms with E-state index in [9.17, 15) is 8.42 Å². The van der Waals surface area contributed by atoms with Gasteiger partial charge in [-0.15, -0.1) is 0 Å². The fourth-order valence-electron chi connectivity index (χ4n) is 1.72. The molecule has 1 heterocycles. The Morgan fingerprint density at radius 3 is 2.60 bits per heavy atom. The number of aromatic nitrogens is 1. The maximum atomic E-state index is 12.3. The maximum absolute atomic E-state index is 12.3. The topological polar surface area (TPSA) is 71.1 Å². The number of nitrogens with one attached hydrogen (secondary N) is 2. The lowest BCUT2D eigenvalue weighted by atomic mass is 10.2. The average Bonchev–Trinajstić information content (AvgIpc) is 2.37. The monoisotopic (exact) mass is 355 g/mol. The lowest BCUT2D eigenvalue weighted by Gasteiger charge is -2.10. The largest absolute Gasteiger partial charge is 0.373 e. The zero-order chi connectivity index (χ0) is 14.8. The molecule has 0 bridgehead atoms. The van der Waals surface area contributed by atoms with Crippen molar-refractivity contribution in [3.05, 3.63) is 46.6 Å². The van der Waals surface area contributed by atoms with E-state index in [1.807, 2.05) is 13.0 Å². The molecule has 1 aromatic heterocycles. The van der Waals surface area contributed by atoms with E-state index in [1.54, 1.807) is 19.2 Å². The second kappa shape index (κ2) is 5.80. The highest BCUT2D eigenvalue weighted by atomic mass is 79.9. The van der Waals surface area contributed by atoms with E-state index < -0.39 is 10.0 Å². The molecule has 2 rings (SSSR count). The number of hydrogen-bond donors (Lipinski definition) is 2. The molecule has 0 radical (unpaired) electrons. The van der Waals surface area contributed by atoms with E-state index >= 15 is 0 Å². The zero-order valence-electron chi connectivity index (χ0n) is 11.0. The van der Waals surface area contributed by atoms with Crippen molar-refractivity contribution in [2.75, 3.05) is 17.1 Å². The first-order valence-electron chi connectivity index (χ1n) is 5.84. The number of pyridine rings is 1. The molecule has 0 aliphatic rings. The molecule has 20 heavy (non-hydrogen) atoms. The molecule has 0 amide bonds. The average molecular weight is 356 g/mol. The number of benzene rings is 1. The summed E-state index contributed by atoms with van der Waals surface area (Å²) in [6.45, 7) is 1.90. The van der Waals surface area contributed by atoms with Gasteiger partial charge in [0.05, 0.1) is 10.6 Å². The van der Waals surface area contributed by atoms with Crippen molar-refractivity contribution in [3.63, 3.8) is 0 Å². The van der Waals surface area contributed by atoms with Gasteiger partial charge in [-0.2, -0.15) is 0 Å². The zero-order valence-corrected chi connectivity index (χ0v) is 13.4. The van der Waals surface area contributed by atoms with Crippen LogP contribution in [-0.4, -0.2) is 20.4 Å². The quantitative estimate of drug-likeness (QED) is 0.884. The van der Waals surface area contributed by atoms with Crippen LogP contribution < -0.4 is 10.0 Å². The minimum absolute atomic E-state index is 0.162. The van der Waals surface area contributed by atoms with Gasteiger partial charge in [0.25, 0.3) is 10.0 Å². The summed E-state index contributed by atoms with van der Waals surface area (Å²) >= 11 is 3.34. The SMILES string of the molecule is CNc1cc(S(=O)(=O)Nc2cc(C)cc(Br)c2)ccn1. The normalized spacial score (nSPS) is 11.2. The predicted octanol–water partition coefficient (Wildman–Crippen LogP) is 3.00. The van der Waals surface area contributed by atoms with Crippen molar-refractivity contribution in [3.8, 4) is 0 Å². The van der Waals surface area contributed by atoms with Crippen LogP contribution in [0.15, 0.2) is 45.9 Å². The van der Waals surface area contributed by atoms with Gasteiger partial charge in [-0.1, -0.05) is 15.9 Å². The highest BCUT2D eigenvalue weighted by Gasteiger charge is 2.15. The third-order valence-corrected chi connectivity index (χ3v) is 4.43. The molecule has 2 N–H and O–H groups in total. The highest BCUT2D eigenvalue weighted by molar-refractivity contribution is 9.10. The van der Waals surface area contributed by atoms with Gasteiger partial charge in [-0.3, -0.25) is 4.72 Å². The number of aryl methyl sites for hydroxylation is 1. The van der Waals surface area contributed by atoms with Gasteiger partial charge in [0.15, 0.2) is 0 Å². The van der Waals surface area contributed by atoms with Crippen LogP contribution in [0.3, 0.4) is 0 Å². The molecule has 2 aromatic rings. The van der Waals surface area contributed by atoms with Crippen molar-refractivity contribution in [2.24, 2.45) is 0 Å². The Morgan fingerprint density at radius 2 is 1.95 bits per heavy atom. The van der Waals surface area contributed by atoms with Crippen LogP contribution in [-0.2, 0) is 10.0 Å². The molecule has 0 unspecified atom stereocenters. The van der Waals surface area contributed by atoms with E-state index in [-0.39, 0.29) is 4.90 Å². The Morgan fingerprint density at radius 1 is 1.20 bits per heavy atom. The standard InChI is InChI=1S/C13H14BrN3O2S/c1-9-5-10(14)7-11(6-9)17-20(18,19)12-3-4-16-13(8-12)15-2/h3-8,17H,1-2H3,(H,15,16). The first kappa shape index (κ1) is 14.8. The van der Waals surface area contributed by atoms with E-state index in [2.05, 4.69) is 31.0 Å². The molecule has 0 aliphatic carbocycles. The van der Waals surface area contributed by atoms with Crippen LogP contribution in [0, 0.1) is 6.92 Å². The van der Waals surface area contributed by atoms with E-state index in [4.69, 9.17) is 0 Å². The maximum Gasteiger partial charge on any atom is 0.262 e. The molecule has 106 valence electrons. The first-order chi connectivity index (χ1) is 9.40. The Hall–Kier alpha value is -1.60. The lowest BCUT2D eigenvalue weighted by molar-refractivity contribution is 0.601. The van der Waals surface area contributed by atoms with E-state index in [1.165, 1.54) is 18.3 Å². The van der Waals surface area contributed by atoms with E-state index in [0.29, 0.717) is 11.5 Å². The number of halogens is 1. The number of nitrogens with zero attached hydrogens (tertiary/aromatic N) is 1. The van der Waals surface area contributed by atoms with E-state index in [0.717, 1.165) is 10.0 Å². The minimum Gasteiger partial charge on any atom is -0.373 e. The number of rotatable bonds is 4. The van der Waals surface area contributed by atoms with Gasteiger partial charge < -0.3 is 5.32 Å². The predicted molar refractivity (Wildman–Crippen MR) is 83.5 cm³/mol. The smallest absolute Gasteiger partial charge is 0.262 e. The molecular formula is C13H14BrN3O2S. The second-order valence-corrected chi connectivity index (χ2v) is 6.85. The van der Waals surface area contributed by atoms with Gasteiger partial charge in [0.1, 0.15) is 5.82 Å². The van der Waals surface area contributed by atoms with Crippen molar-refractivity contribution in [1.29, 1.82) is 0 Å². The summed E-state index contributed by atoms with van der Waals surface area (Å²) in [5.41, 5.74) is 1.47. The number of hydrogen-bond acceptors (Lipinski definition) is 4. The van der Waals surface area contributed by atoms with Gasteiger partial charge in [-0.05, 0) is 36.8 Å². The minimum atomic E-state index is -3.63. The third kappa shape index (κ3) is 3.49. The third-order valence-electron chi connectivity index (χ3n) is 2.59. The van der Waals surface area contributed by atoms with Crippen LogP contribution in [0.5, 0.6) is 0 Å². The number of anilines is 2. The summed E-state index contributed by atoms with van der Waals surface area (Å²) in [6.07, 6.45) is 1.45. The molecule has 0 saturated carbocycles. The second-order valence-electron chi connectivity index (χ2n) is 4.25. The van der Waals surface area contributed by atoms with Crippen molar-refractivity contribution < 1.29 is 8.42 Å². The molecule has 1 aromatic carbocycles. The van der Waals surface area contributed by atoms with Gasteiger partial charge in [-0.25, -0.2) is 13.4 Å². The molecule has 7 heteroatoms. The summed E-state index contributed by atoms with van der Waals surface area (Å²) in [4.78, 5) is 4.16. The van der Waals surface area contributed by atoms with Crippen LogP contribution in [0.1, 0.15) is 5.56 Å². The molecule has 0 atom stereocenters. The summed E-state index contributed by atoms with van der Waals surface area (Å²) in [5.74, 6) is 0.498. The summed E-state index contributed by atoms with van der Waals surface area (Å²) in [7, 11) is -1.95. The molecule has 5 nitrogen and oxygen atoms in total. The van der Waals surface area contributed by atoms with Crippen LogP contribution in [0.2, 0.25) is 0 Å². The Kier molecular flexibility index (Phi) is 4.29. The molecule has 0 aliphatic heterocycles.